The van der Waals surface area contributed by atoms with Gasteiger partial charge in [-0.1, -0.05) is 36.4 Å². The molecule has 0 fully saturated rings. The Morgan fingerprint density at radius 1 is 1.07 bits per heavy atom. The first kappa shape index (κ1) is 20.7. The third-order valence-electron chi connectivity index (χ3n) is 3.50. The van der Waals surface area contributed by atoms with Gasteiger partial charge in [0, 0.05) is 6.54 Å². The molecule has 0 unspecified atom stereocenters. The van der Waals surface area contributed by atoms with Crippen molar-refractivity contribution in [1.82, 2.24) is 10.7 Å². The molecule has 0 atom stereocenters. The summed E-state index contributed by atoms with van der Waals surface area (Å²) in [7, 11) is 0. The summed E-state index contributed by atoms with van der Waals surface area (Å²) in [6.07, 6.45) is 2.90. The minimum Gasteiger partial charge on any atom is -0.490 e. The monoisotopic (exact) mass is 381 g/mol. The Balaban J connectivity index is 1.99. The minimum atomic E-state index is -0.856. The van der Waals surface area contributed by atoms with Crippen LogP contribution in [0, 0.1) is 0 Å². The highest BCUT2D eigenvalue weighted by Gasteiger charge is 2.11. The van der Waals surface area contributed by atoms with E-state index in [1.165, 1.54) is 12.3 Å². The van der Waals surface area contributed by atoms with Crippen LogP contribution in [0.5, 0.6) is 11.5 Å². The molecule has 2 aromatic carbocycles. The lowest BCUT2D eigenvalue weighted by Gasteiger charge is -2.12. The predicted molar refractivity (Wildman–Crippen MR) is 107 cm³/mol. The van der Waals surface area contributed by atoms with Gasteiger partial charge in [0.15, 0.2) is 11.5 Å². The molecule has 0 saturated carbocycles. The molecule has 7 heteroatoms. The van der Waals surface area contributed by atoms with Crippen LogP contribution in [0.15, 0.2) is 66.3 Å². The summed E-state index contributed by atoms with van der Waals surface area (Å²) in [4.78, 5) is 23.0. The maximum absolute atomic E-state index is 11.6. The van der Waals surface area contributed by atoms with Gasteiger partial charge in [0.05, 0.1) is 12.8 Å². The van der Waals surface area contributed by atoms with Crippen LogP contribution in [0.1, 0.15) is 18.1 Å². The van der Waals surface area contributed by atoms with E-state index in [2.05, 4.69) is 22.4 Å². The topological polar surface area (TPSA) is 89.0 Å². The summed E-state index contributed by atoms with van der Waals surface area (Å²) in [5.74, 6) is -0.462. The zero-order chi connectivity index (χ0) is 20.2. The van der Waals surface area contributed by atoms with Crippen molar-refractivity contribution in [2.75, 3.05) is 13.2 Å². The zero-order valence-electron chi connectivity index (χ0n) is 15.7. The number of hydrogen-bond acceptors (Lipinski definition) is 5. The van der Waals surface area contributed by atoms with Gasteiger partial charge in [-0.05, 0) is 36.2 Å². The van der Waals surface area contributed by atoms with Crippen molar-refractivity contribution in [3.8, 4) is 11.5 Å². The number of ether oxygens (including phenoxy) is 2. The van der Waals surface area contributed by atoms with E-state index in [1.54, 1.807) is 18.2 Å². The second-order valence-corrected chi connectivity index (χ2v) is 5.61. The second-order valence-electron chi connectivity index (χ2n) is 5.61. The number of carbonyl (C=O) groups is 2. The smallest absolute Gasteiger partial charge is 0.329 e. The molecule has 0 heterocycles. The van der Waals surface area contributed by atoms with Crippen LogP contribution in [0.3, 0.4) is 0 Å². The van der Waals surface area contributed by atoms with Crippen LogP contribution in [0.25, 0.3) is 0 Å². The van der Waals surface area contributed by atoms with Gasteiger partial charge in [-0.25, -0.2) is 5.43 Å². The van der Waals surface area contributed by atoms with E-state index >= 15 is 0 Å². The summed E-state index contributed by atoms with van der Waals surface area (Å²) >= 11 is 0. The Morgan fingerprint density at radius 3 is 2.57 bits per heavy atom. The Morgan fingerprint density at radius 2 is 1.86 bits per heavy atom. The molecule has 2 N–H and O–H groups in total. The summed E-state index contributed by atoms with van der Waals surface area (Å²) in [6.45, 7) is 6.44. The molecule has 0 bridgehead atoms. The number of nitrogens with zero attached hydrogens (tertiary/aromatic N) is 1. The highest BCUT2D eigenvalue weighted by molar-refractivity contribution is 6.35. The van der Waals surface area contributed by atoms with Gasteiger partial charge in [-0.15, -0.1) is 6.58 Å². The Bertz CT molecular complexity index is 835. The molecule has 2 amide bonds. The van der Waals surface area contributed by atoms with Gasteiger partial charge >= 0.3 is 11.8 Å². The van der Waals surface area contributed by atoms with Crippen LogP contribution >= 0.6 is 0 Å². The number of carbonyl (C=O) groups excluding carboxylic acids is 2. The standard InChI is InChI=1S/C21H23N3O4/c1-3-12-22-20(25)21(26)24-23-14-17-10-11-18(19(13-17)27-4-2)28-15-16-8-6-5-7-9-16/h3,5-11,13-14H,1,4,12,15H2,2H3,(H,22,25)(H,24,26)/b23-14-. The van der Waals surface area contributed by atoms with Crippen molar-refractivity contribution in [3.05, 3.63) is 72.3 Å². The molecule has 0 aliphatic rings. The summed E-state index contributed by atoms with van der Waals surface area (Å²) in [5, 5.41) is 6.15. The lowest BCUT2D eigenvalue weighted by atomic mass is 10.2. The van der Waals surface area contributed by atoms with Gasteiger partial charge in [-0.2, -0.15) is 5.10 Å². The first-order chi connectivity index (χ1) is 13.6. The Hall–Kier alpha value is -3.61. The van der Waals surface area contributed by atoms with Gasteiger partial charge in [0.25, 0.3) is 0 Å². The third-order valence-corrected chi connectivity index (χ3v) is 3.50. The SMILES string of the molecule is C=CCNC(=O)C(=O)N/N=C\c1ccc(OCc2ccccc2)c(OCC)c1. The van der Waals surface area contributed by atoms with E-state index < -0.39 is 11.8 Å². The Labute approximate surface area is 164 Å². The van der Waals surface area contributed by atoms with Gasteiger partial charge < -0.3 is 14.8 Å². The van der Waals surface area contributed by atoms with E-state index in [4.69, 9.17) is 9.47 Å². The van der Waals surface area contributed by atoms with E-state index in [0.717, 1.165) is 5.56 Å². The molecule has 2 rings (SSSR count). The number of amides is 2. The molecule has 0 aromatic heterocycles. The fraction of sp³-hybridized carbons (Fsp3) is 0.190. The molecule has 0 aliphatic heterocycles. The van der Waals surface area contributed by atoms with E-state index in [9.17, 15) is 9.59 Å². The maximum atomic E-state index is 11.6. The highest BCUT2D eigenvalue weighted by atomic mass is 16.5. The second kappa shape index (κ2) is 11.2. The third kappa shape index (κ3) is 6.60. The van der Waals surface area contributed by atoms with Crippen LogP contribution in [-0.2, 0) is 16.2 Å². The molecular weight excluding hydrogens is 358 g/mol. The zero-order valence-corrected chi connectivity index (χ0v) is 15.7. The summed E-state index contributed by atoms with van der Waals surface area (Å²) in [6, 6.07) is 15.1. The number of hydrogen-bond donors (Lipinski definition) is 2. The highest BCUT2D eigenvalue weighted by Crippen LogP contribution is 2.28. The fourth-order valence-electron chi connectivity index (χ4n) is 2.19. The van der Waals surface area contributed by atoms with Crippen molar-refractivity contribution in [2.45, 2.75) is 13.5 Å². The van der Waals surface area contributed by atoms with E-state index in [1.807, 2.05) is 37.3 Å². The van der Waals surface area contributed by atoms with Crippen molar-refractivity contribution in [3.63, 3.8) is 0 Å². The molecule has 0 saturated heterocycles. The first-order valence-corrected chi connectivity index (χ1v) is 8.79. The van der Waals surface area contributed by atoms with Crippen LogP contribution in [0.4, 0.5) is 0 Å². The van der Waals surface area contributed by atoms with Crippen LogP contribution in [0.2, 0.25) is 0 Å². The first-order valence-electron chi connectivity index (χ1n) is 8.79. The number of nitrogens with one attached hydrogen (secondary N) is 2. The molecule has 7 nitrogen and oxygen atoms in total. The average Bonchev–Trinajstić information content (AvgIpc) is 2.72. The quantitative estimate of drug-likeness (QED) is 0.302. The van der Waals surface area contributed by atoms with Crippen LogP contribution < -0.4 is 20.2 Å². The molecule has 2 aromatic rings. The number of benzene rings is 2. The average molecular weight is 381 g/mol. The van der Waals surface area contributed by atoms with Gasteiger partial charge in [0.2, 0.25) is 0 Å². The lowest BCUT2D eigenvalue weighted by Crippen LogP contribution is -2.37. The molecule has 0 aliphatic carbocycles. The Kier molecular flexibility index (Phi) is 8.26. The number of rotatable bonds is 9. The molecule has 28 heavy (non-hydrogen) atoms. The summed E-state index contributed by atoms with van der Waals surface area (Å²) < 4.78 is 11.5. The normalized spacial score (nSPS) is 10.3. The lowest BCUT2D eigenvalue weighted by molar-refractivity contribution is -0.139. The van der Waals surface area contributed by atoms with Gasteiger partial charge in [-0.3, -0.25) is 9.59 Å². The van der Waals surface area contributed by atoms with E-state index in [0.29, 0.717) is 30.3 Å². The van der Waals surface area contributed by atoms with Crippen molar-refractivity contribution >= 4 is 18.0 Å². The van der Waals surface area contributed by atoms with Gasteiger partial charge in [0.1, 0.15) is 6.61 Å². The van der Waals surface area contributed by atoms with Crippen molar-refractivity contribution < 1.29 is 19.1 Å². The predicted octanol–water partition coefficient (Wildman–Crippen LogP) is 2.42. The molecule has 0 radical (unpaired) electrons. The maximum Gasteiger partial charge on any atom is 0.329 e. The largest absolute Gasteiger partial charge is 0.490 e. The minimum absolute atomic E-state index is 0.206. The molecule has 0 spiro atoms. The van der Waals surface area contributed by atoms with Crippen molar-refractivity contribution in [2.24, 2.45) is 5.10 Å². The number of hydrazone groups is 1. The van der Waals surface area contributed by atoms with E-state index in [-0.39, 0.29) is 6.54 Å². The van der Waals surface area contributed by atoms with Crippen molar-refractivity contribution in [1.29, 1.82) is 0 Å². The summed E-state index contributed by atoms with van der Waals surface area (Å²) in [5.41, 5.74) is 3.90. The molecular formula is C21H23N3O4. The molecule has 146 valence electrons. The fourth-order valence-corrected chi connectivity index (χ4v) is 2.19. The van der Waals surface area contributed by atoms with Crippen LogP contribution in [-0.4, -0.2) is 31.2 Å².